The second kappa shape index (κ2) is 6.23. The maximum absolute atomic E-state index is 5.76. The van der Waals surface area contributed by atoms with Crippen molar-refractivity contribution in [2.75, 3.05) is 19.5 Å². The molecule has 5 nitrogen and oxygen atoms in total. The molecule has 5 heteroatoms. The van der Waals surface area contributed by atoms with Gasteiger partial charge in [0.1, 0.15) is 12.1 Å². The quantitative estimate of drug-likeness (QED) is 0.904. The zero-order valence-corrected chi connectivity index (χ0v) is 12.2. The lowest BCUT2D eigenvalue weighted by Gasteiger charge is -2.12. The van der Waals surface area contributed by atoms with Gasteiger partial charge in [0.05, 0.1) is 7.11 Å². The van der Waals surface area contributed by atoms with Crippen LogP contribution in [-0.4, -0.2) is 24.1 Å². The van der Waals surface area contributed by atoms with Crippen LogP contribution in [0.5, 0.6) is 17.4 Å². The Hall–Kier alpha value is -2.30. The molecule has 20 heavy (non-hydrogen) atoms. The molecule has 1 aromatic carbocycles. The summed E-state index contributed by atoms with van der Waals surface area (Å²) in [4.78, 5) is 8.19. The maximum Gasteiger partial charge on any atom is 0.268 e. The molecule has 2 aromatic rings. The number of nitrogens with one attached hydrogen (secondary N) is 1. The van der Waals surface area contributed by atoms with Gasteiger partial charge in [-0.15, -0.1) is 0 Å². The molecule has 0 atom stereocenters. The Morgan fingerprint density at radius 3 is 2.35 bits per heavy atom. The first-order valence-electron chi connectivity index (χ1n) is 6.50. The van der Waals surface area contributed by atoms with E-state index >= 15 is 0 Å². The van der Waals surface area contributed by atoms with E-state index in [1.54, 1.807) is 14.2 Å². The summed E-state index contributed by atoms with van der Waals surface area (Å²) in [6, 6.07) is 7.95. The molecule has 1 heterocycles. The van der Waals surface area contributed by atoms with Gasteiger partial charge in [-0.1, -0.05) is 26.0 Å². The molecule has 0 aliphatic carbocycles. The van der Waals surface area contributed by atoms with Gasteiger partial charge in [0.15, 0.2) is 5.82 Å². The Labute approximate surface area is 119 Å². The fourth-order valence-electron chi connectivity index (χ4n) is 1.82. The van der Waals surface area contributed by atoms with Crippen molar-refractivity contribution in [3.8, 4) is 17.4 Å². The molecule has 0 unspecified atom stereocenters. The second-order valence-electron chi connectivity index (χ2n) is 4.64. The zero-order valence-electron chi connectivity index (χ0n) is 12.2. The Morgan fingerprint density at radius 2 is 1.80 bits per heavy atom. The molecule has 0 fully saturated rings. The number of benzene rings is 1. The van der Waals surface area contributed by atoms with E-state index in [4.69, 9.17) is 9.47 Å². The van der Waals surface area contributed by atoms with Crippen molar-refractivity contribution in [2.24, 2.45) is 0 Å². The van der Waals surface area contributed by atoms with E-state index < -0.39 is 0 Å². The van der Waals surface area contributed by atoms with Crippen molar-refractivity contribution in [1.82, 2.24) is 9.97 Å². The highest BCUT2D eigenvalue weighted by molar-refractivity contribution is 5.55. The van der Waals surface area contributed by atoms with Crippen LogP contribution in [0.3, 0.4) is 0 Å². The Kier molecular flexibility index (Phi) is 4.40. The van der Waals surface area contributed by atoms with E-state index in [1.165, 1.54) is 11.9 Å². The van der Waals surface area contributed by atoms with Crippen LogP contribution in [-0.2, 0) is 0 Å². The average molecular weight is 273 g/mol. The van der Waals surface area contributed by atoms with Crippen LogP contribution in [0.4, 0.5) is 5.82 Å². The van der Waals surface area contributed by atoms with Crippen molar-refractivity contribution in [1.29, 1.82) is 0 Å². The van der Waals surface area contributed by atoms with Crippen LogP contribution in [0, 0.1) is 0 Å². The van der Waals surface area contributed by atoms with Gasteiger partial charge >= 0.3 is 0 Å². The van der Waals surface area contributed by atoms with Crippen LogP contribution in [0.15, 0.2) is 30.6 Å². The van der Waals surface area contributed by atoms with Crippen LogP contribution < -0.4 is 14.8 Å². The summed E-state index contributed by atoms with van der Waals surface area (Å²) in [5, 5.41) is 2.94. The van der Waals surface area contributed by atoms with E-state index in [9.17, 15) is 0 Å². The minimum atomic E-state index is 0.393. The summed E-state index contributed by atoms with van der Waals surface area (Å²) in [5.41, 5.74) is 1.27. The Balaban J connectivity index is 2.25. The number of hydrogen-bond donors (Lipinski definition) is 1. The predicted octanol–water partition coefficient (Wildman–Crippen LogP) is 3.44. The summed E-state index contributed by atoms with van der Waals surface area (Å²) >= 11 is 0. The largest absolute Gasteiger partial charge is 0.489 e. The number of methoxy groups -OCH3 is 1. The molecule has 106 valence electrons. The highest BCUT2D eigenvalue weighted by Gasteiger charge is 2.13. The molecular formula is C15H19N3O2. The molecule has 0 saturated carbocycles. The molecular weight excluding hydrogens is 254 g/mol. The van der Waals surface area contributed by atoms with Crippen molar-refractivity contribution < 1.29 is 9.47 Å². The molecule has 1 N–H and O–H groups in total. The van der Waals surface area contributed by atoms with E-state index in [0.29, 0.717) is 29.1 Å². The van der Waals surface area contributed by atoms with Gasteiger partial charge in [0.25, 0.3) is 5.88 Å². The minimum Gasteiger partial charge on any atom is -0.489 e. The van der Waals surface area contributed by atoms with E-state index in [0.717, 1.165) is 0 Å². The van der Waals surface area contributed by atoms with Gasteiger partial charge in [-0.05, 0) is 23.6 Å². The van der Waals surface area contributed by atoms with Gasteiger partial charge in [-0.2, -0.15) is 4.98 Å². The SMILES string of the molecule is CNc1ncnc(Oc2ccc(C(C)C)cc2)c1OC. The lowest BCUT2D eigenvalue weighted by atomic mass is 10.0. The summed E-state index contributed by atoms with van der Waals surface area (Å²) < 4.78 is 11.1. The summed E-state index contributed by atoms with van der Waals surface area (Å²) in [7, 11) is 3.33. The lowest BCUT2D eigenvalue weighted by molar-refractivity contribution is 0.369. The van der Waals surface area contributed by atoms with Gasteiger partial charge in [0, 0.05) is 7.05 Å². The summed E-state index contributed by atoms with van der Waals surface area (Å²) in [6.07, 6.45) is 1.44. The third-order valence-corrected chi connectivity index (χ3v) is 2.97. The number of aromatic nitrogens is 2. The number of ether oxygens (including phenoxy) is 2. The highest BCUT2D eigenvalue weighted by Crippen LogP contribution is 2.34. The normalized spacial score (nSPS) is 10.4. The van der Waals surface area contributed by atoms with Crippen molar-refractivity contribution in [3.63, 3.8) is 0 Å². The first-order chi connectivity index (χ1) is 9.65. The molecule has 0 aliphatic rings. The average Bonchev–Trinajstić information content (AvgIpc) is 2.47. The zero-order chi connectivity index (χ0) is 14.5. The van der Waals surface area contributed by atoms with E-state index in [-0.39, 0.29) is 0 Å². The fraction of sp³-hybridized carbons (Fsp3) is 0.333. The third kappa shape index (κ3) is 2.99. The molecule has 2 rings (SSSR count). The number of hydrogen-bond acceptors (Lipinski definition) is 5. The van der Waals surface area contributed by atoms with Crippen molar-refractivity contribution >= 4 is 5.82 Å². The van der Waals surface area contributed by atoms with Gasteiger partial charge in [-0.25, -0.2) is 4.98 Å². The standard InChI is InChI=1S/C15H19N3O2/c1-10(2)11-5-7-12(8-6-11)20-15-13(19-4)14(16-3)17-9-18-15/h5-10H,1-4H3,(H,16,17,18). The summed E-state index contributed by atoms with van der Waals surface area (Å²) in [5.74, 6) is 2.69. The summed E-state index contributed by atoms with van der Waals surface area (Å²) in [6.45, 7) is 4.31. The molecule has 1 aromatic heterocycles. The Bertz CT molecular complexity index is 568. The number of nitrogens with zero attached hydrogens (tertiary/aromatic N) is 2. The lowest BCUT2D eigenvalue weighted by Crippen LogP contribution is -2.01. The maximum atomic E-state index is 5.76. The van der Waals surface area contributed by atoms with E-state index in [2.05, 4.69) is 29.1 Å². The minimum absolute atomic E-state index is 0.393. The number of rotatable bonds is 5. The number of anilines is 1. The van der Waals surface area contributed by atoms with Crippen LogP contribution >= 0.6 is 0 Å². The van der Waals surface area contributed by atoms with Crippen molar-refractivity contribution in [3.05, 3.63) is 36.2 Å². The monoisotopic (exact) mass is 273 g/mol. The van der Waals surface area contributed by atoms with Crippen LogP contribution in [0.25, 0.3) is 0 Å². The van der Waals surface area contributed by atoms with Gasteiger partial charge < -0.3 is 14.8 Å². The van der Waals surface area contributed by atoms with Gasteiger partial charge in [-0.3, -0.25) is 0 Å². The smallest absolute Gasteiger partial charge is 0.268 e. The Morgan fingerprint density at radius 1 is 1.10 bits per heavy atom. The molecule has 0 bridgehead atoms. The third-order valence-electron chi connectivity index (χ3n) is 2.97. The topological polar surface area (TPSA) is 56.3 Å². The first-order valence-corrected chi connectivity index (χ1v) is 6.50. The highest BCUT2D eigenvalue weighted by atomic mass is 16.5. The molecule has 0 spiro atoms. The van der Waals surface area contributed by atoms with E-state index in [1.807, 2.05) is 24.3 Å². The first kappa shape index (κ1) is 14.1. The molecule has 0 amide bonds. The van der Waals surface area contributed by atoms with Crippen molar-refractivity contribution in [2.45, 2.75) is 19.8 Å². The molecule has 0 radical (unpaired) electrons. The second-order valence-corrected chi connectivity index (χ2v) is 4.64. The molecule has 0 aliphatic heterocycles. The fourth-order valence-corrected chi connectivity index (χ4v) is 1.82. The molecule has 0 saturated heterocycles. The van der Waals surface area contributed by atoms with Crippen LogP contribution in [0.2, 0.25) is 0 Å². The van der Waals surface area contributed by atoms with Gasteiger partial charge in [0.2, 0.25) is 5.75 Å². The predicted molar refractivity (Wildman–Crippen MR) is 78.7 cm³/mol. The van der Waals surface area contributed by atoms with Crippen LogP contribution in [0.1, 0.15) is 25.3 Å².